The van der Waals surface area contributed by atoms with Crippen LogP contribution in [0.3, 0.4) is 0 Å². The van der Waals surface area contributed by atoms with Crippen molar-refractivity contribution in [1.82, 2.24) is 0 Å². The third-order valence-electron chi connectivity index (χ3n) is 2.46. The van der Waals surface area contributed by atoms with E-state index in [0.717, 1.165) is 5.56 Å². The van der Waals surface area contributed by atoms with Crippen LogP contribution in [-0.4, -0.2) is 6.21 Å². The van der Waals surface area contributed by atoms with E-state index in [1.54, 1.807) is 36.4 Å². The first-order valence-corrected chi connectivity index (χ1v) is 5.68. The van der Waals surface area contributed by atoms with Crippen molar-refractivity contribution < 1.29 is 9.23 Å². The van der Waals surface area contributed by atoms with E-state index in [9.17, 15) is 4.39 Å². The van der Waals surface area contributed by atoms with Crippen LogP contribution in [0.15, 0.2) is 53.7 Å². The minimum absolute atomic E-state index is 0.237. The van der Waals surface area contributed by atoms with Crippen molar-refractivity contribution in [3.63, 3.8) is 0 Å². The van der Waals surface area contributed by atoms with Gasteiger partial charge in [0.2, 0.25) is 0 Å². The Kier molecular flexibility index (Phi) is 4.25. The lowest BCUT2D eigenvalue weighted by Gasteiger charge is -2.00. The maximum absolute atomic E-state index is 13.3. The molecule has 0 saturated carbocycles. The molecule has 3 nitrogen and oxygen atoms in total. The van der Waals surface area contributed by atoms with Gasteiger partial charge in [0.25, 0.3) is 0 Å². The van der Waals surface area contributed by atoms with Gasteiger partial charge in [-0.2, -0.15) is 5.26 Å². The van der Waals surface area contributed by atoms with Crippen LogP contribution in [0.25, 0.3) is 0 Å². The molecule has 2 aromatic carbocycles. The first-order valence-electron chi connectivity index (χ1n) is 5.68. The average molecular weight is 254 g/mol. The first-order chi connectivity index (χ1) is 9.29. The Labute approximate surface area is 110 Å². The Morgan fingerprint density at radius 3 is 2.84 bits per heavy atom. The molecule has 0 radical (unpaired) electrons. The normalized spacial score (nSPS) is 10.3. The van der Waals surface area contributed by atoms with Gasteiger partial charge < -0.3 is 4.84 Å². The fourth-order valence-electron chi connectivity index (χ4n) is 1.52. The molecule has 0 N–H and O–H groups in total. The molecule has 0 bridgehead atoms. The highest BCUT2D eigenvalue weighted by Crippen LogP contribution is 2.06. The maximum atomic E-state index is 13.3. The third kappa shape index (κ3) is 3.65. The Bertz CT molecular complexity index is 632. The summed E-state index contributed by atoms with van der Waals surface area (Å²) in [4.78, 5) is 5.07. The standard InChI is InChI=1S/C15H11FN2O/c16-15-7-2-1-6-14(15)10-18-19-11-13-5-3-4-12(8-13)9-17/h1-8,10H,11H2. The summed E-state index contributed by atoms with van der Waals surface area (Å²) >= 11 is 0. The molecule has 0 aliphatic heterocycles. The van der Waals surface area contributed by atoms with Crippen LogP contribution in [0.2, 0.25) is 0 Å². The monoisotopic (exact) mass is 254 g/mol. The van der Waals surface area contributed by atoms with E-state index in [1.807, 2.05) is 12.1 Å². The number of nitriles is 1. The van der Waals surface area contributed by atoms with Crippen molar-refractivity contribution in [2.24, 2.45) is 5.16 Å². The molecular weight excluding hydrogens is 243 g/mol. The molecule has 2 rings (SSSR count). The van der Waals surface area contributed by atoms with Gasteiger partial charge >= 0.3 is 0 Å². The molecule has 0 amide bonds. The highest BCUT2D eigenvalue weighted by molar-refractivity contribution is 5.79. The molecule has 2 aromatic rings. The number of benzene rings is 2. The fourth-order valence-corrected chi connectivity index (χ4v) is 1.52. The van der Waals surface area contributed by atoms with Gasteiger partial charge in [-0.1, -0.05) is 35.5 Å². The summed E-state index contributed by atoms with van der Waals surface area (Å²) < 4.78 is 13.3. The van der Waals surface area contributed by atoms with E-state index in [0.29, 0.717) is 11.1 Å². The molecule has 0 saturated heterocycles. The van der Waals surface area contributed by atoms with Crippen molar-refractivity contribution >= 4 is 6.21 Å². The van der Waals surface area contributed by atoms with Crippen LogP contribution in [0.1, 0.15) is 16.7 Å². The van der Waals surface area contributed by atoms with Crippen molar-refractivity contribution in [3.8, 4) is 6.07 Å². The van der Waals surface area contributed by atoms with Gasteiger partial charge in [0.15, 0.2) is 0 Å². The van der Waals surface area contributed by atoms with E-state index in [1.165, 1.54) is 12.3 Å². The zero-order chi connectivity index (χ0) is 13.5. The molecule has 0 spiro atoms. The molecule has 0 atom stereocenters. The number of nitrogens with zero attached hydrogens (tertiary/aromatic N) is 2. The number of rotatable bonds is 4. The largest absolute Gasteiger partial charge is 0.391 e. The van der Waals surface area contributed by atoms with Gasteiger partial charge in [-0.05, 0) is 23.8 Å². The Morgan fingerprint density at radius 1 is 1.21 bits per heavy atom. The molecule has 0 fully saturated rings. The van der Waals surface area contributed by atoms with Crippen LogP contribution in [0.4, 0.5) is 4.39 Å². The predicted molar refractivity (Wildman–Crippen MR) is 69.9 cm³/mol. The minimum Gasteiger partial charge on any atom is -0.391 e. The van der Waals surface area contributed by atoms with E-state index in [-0.39, 0.29) is 12.4 Å². The summed E-state index contributed by atoms with van der Waals surface area (Å²) in [5.41, 5.74) is 1.78. The van der Waals surface area contributed by atoms with Gasteiger partial charge in [0, 0.05) is 5.56 Å². The quantitative estimate of drug-likeness (QED) is 0.621. The van der Waals surface area contributed by atoms with Gasteiger partial charge in [-0.15, -0.1) is 0 Å². The molecular formula is C15H11FN2O. The molecule has 0 aromatic heterocycles. The fraction of sp³-hybridized carbons (Fsp3) is 0.0667. The number of hydrogen-bond donors (Lipinski definition) is 0. The number of oxime groups is 1. The van der Waals surface area contributed by atoms with Crippen LogP contribution in [0.5, 0.6) is 0 Å². The topological polar surface area (TPSA) is 45.4 Å². The summed E-state index contributed by atoms with van der Waals surface area (Å²) in [5, 5.41) is 12.5. The molecule has 0 unspecified atom stereocenters. The average Bonchev–Trinajstić information content (AvgIpc) is 2.45. The zero-order valence-electron chi connectivity index (χ0n) is 10.1. The second-order valence-corrected chi connectivity index (χ2v) is 3.84. The lowest BCUT2D eigenvalue weighted by Crippen LogP contribution is -1.91. The van der Waals surface area contributed by atoms with Crippen molar-refractivity contribution in [2.45, 2.75) is 6.61 Å². The van der Waals surface area contributed by atoms with Crippen molar-refractivity contribution in [1.29, 1.82) is 5.26 Å². The number of hydrogen-bond acceptors (Lipinski definition) is 3. The summed E-state index contributed by atoms with van der Waals surface area (Å²) in [7, 11) is 0. The van der Waals surface area contributed by atoms with E-state index < -0.39 is 0 Å². The van der Waals surface area contributed by atoms with Gasteiger partial charge in [-0.3, -0.25) is 0 Å². The molecule has 0 aliphatic carbocycles. The van der Waals surface area contributed by atoms with Crippen LogP contribution >= 0.6 is 0 Å². The van der Waals surface area contributed by atoms with Crippen molar-refractivity contribution in [2.75, 3.05) is 0 Å². The SMILES string of the molecule is N#Cc1cccc(CON=Cc2ccccc2F)c1. The molecule has 0 heterocycles. The van der Waals surface area contributed by atoms with Crippen LogP contribution < -0.4 is 0 Å². The smallest absolute Gasteiger partial charge is 0.142 e. The first kappa shape index (κ1) is 12.8. The second kappa shape index (κ2) is 6.31. The summed E-state index contributed by atoms with van der Waals surface area (Å²) in [6, 6.07) is 15.4. The van der Waals surface area contributed by atoms with Crippen LogP contribution in [-0.2, 0) is 11.4 Å². The summed E-state index contributed by atoms with van der Waals surface area (Å²) in [6.45, 7) is 0.237. The highest BCUT2D eigenvalue weighted by Gasteiger charge is 1.97. The summed E-state index contributed by atoms with van der Waals surface area (Å²) in [5.74, 6) is -0.346. The van der Waals surface area contributed by atoms with E-state index >= 15 is 0 Å². The van der Waals surface area contributed by atoms with E-state index in [2.05, 4.69) is 5.16 Å². The Morgan fingerprint density at radius 2 is 2.05 bits per heavy atom. The van der Waals surface area contributed by atoms with Gasteiger partial charge in [0.05, 0.1) is 17.8 Å². The molecule has 19 heavy (non-hydrogen) atoms. The molecule has 4 heteroatoms. The van der Waals surface area contributed by atoms with Gasteiger partial charge in [-0.25, -0.2) is 4.39 Å². The third-order valence-corrected chi connectivity index (χ3v) is 2.46. The lowest BCUT2D eigenvalue weighted by molar-refractivity contribution is 0.132. The molecule has 94 valence electrons. The van der Waals surface area contributed by atoms with Gasteiger partial charge in [0.1, 0.15) is 12.4 Å². The minimum atomic E-state index is -0.346. The second-order valence-electron chi connectivity index (χ2n) is 3.84. The zero-order valence-corrected chi connectivity index (χ0v) is 10.1. The lowest BCUT2D eigenvalue weighted by atomic mass is 10.1. The van der Waals surface area contributed by atoms with Crippen molar-refractivity contribution in [3.05, 3.63) is 71.0 Å². The number of halogens is 1. The summed E-state index contributed by atoms with van der Waals surface area (Å²) in [6.07, 6.45) is 1.32. The maximum Gasteiger partial charge on any atom is 0.142 e. The molecule has 0 aliphatic rings. The highest BCUT2D eigenvalue weighted by atomic mass is 19.1. The van der Waals surface area contributed by atoms with Crippen LogP contribution in [0, 0.1) is 17.1 Å². The Balaban J connectivity index is 1.93. The predicted octanol–water partition coefficient (Wildman–Crippen LogP) is 3.25. The van der Waals surface area contributed by atoms with E-state index in [4.69, 9.17) is 10.1 Å². The Hall–Kier alpha value is -2.67.